The highest BCUT2D eigenvalue weighted by Crippen LogP contribution is 2.56. The predicted octanol–water partition coefficient (Wildman–Crippen LogP) is 3.52. The molecule has 1 aliphatic carbocycles. The Morgan fingerprint density at radius 1 is 0.967 bits per heavy atom. The summed E-state index contributed by atoms with van der Waals surface area (Å²) in [4.78, 5) is 14.5. The first kappa shape index (κ1) is 19.0. The number of carbonyl (C=O) groups is 1. The van der Waals surface area contributed by atoms with Crippen molar-refractivity contribution in [3.63, 3.8) is 0 Å². The number of esters is 1. The number of fused-ring (bicyclic) bond motifs is 3. The van der Waals surface area contributed by atoms with Crippen LogP contribution in [-0.2, 0) is 15.1 Å². The van der Waals surface area contributed by atoms with Crippen LogP contribution in [0.15, 0.2) is 78.9 Å². The molecule has 0 spiro atoms. The minimum absolute atomic E-state index is 0.0124. The topological polar surface area (TPSA) is 49.8 Å². The number of alkyl halides is 1. The number of β-amino-alcohol motifs (C(OH)–C–C–N with tert-alkyl or cyclic N) is 1. The van der Waals surface area contributed by atoms with Crippen molar-refractivity contribution in [2.75, 3.05) is 13.7 Å². The lowest BCUT2D eigenvalue weighted by Crippen LogP contribution is -2.53. The molecule has 3 aromatic carbocycles. The van der Waals surface area contributed by atoms with Crippen molar-refractivity contribution in [3.05, 3.63) is 95.6 Å². The number of halogens is 1. The van der Waals surface area contributed by atoms with Crippen LogP contribution in [-0.4, -0.2) is 47.9 Å². The highest BCUT2D eigenvalue weighted by Gasteiger charge is 2.59. The van der Waals surface area contributed by atoms with Crippen LogP contribution in [0.25, 0.3) is 11.1 Å². The molecule has 0 bridgehead atoms. The highest BCUT2D eigenvalue weighted by atomic mass is 19.1. The number of rotatable bonds is 3. The molecule has 3 atom stereocenters. The minimum atomic E-state index is -1.74. The molecule has 0 amide bonds. The Bertz CT molecular complexity index is 1050. The van der Waals surface area contributed by atoms with Gasteiger partial charge in [-0.15, -0.1) is 0 Å². The third-order valence-electron chi connectivity index (χ3n) is 6.38. The summed E-state index contributed by atoms with van der Waals surface area (Å²) in [5, 5.41) is 10.5. The molecule has 3 aromatic rings. The molecule has 1 heterocycles. The van der Waals surface area contributed by atoms with Gasteiger partial charge in [-0.3, -0.25) is 9.69 Å². The van der Waals surface area contributed by atoms with E-state index >= 15 is 4.39 Å². The molecule has 5 heteroatoms. The molecule has 30 heavy (non-hydrogen) atoms. The average molecular weight is 403 g/mol. The zero-order valence-corrected chi connectivity index (χ0v) is 16.5. The number of benzene rings is 3. The maximum absolute atomic E-state index is 15.2. The molecular formula is C25H22FNO3. The van der Waals surface area contributed by atoms with E-state index in [0.717, 1.165) is 27.8 Å². The lowest BCUT2D eigenvalue weighted by atomic mass is 9.78. The van der Waals surface area contributed by atoms with Crippen LogP contribution in [0.5, 0.6) is 0 Å². The third-order valence-corrected chi connectivity index (χ3v) is 6.38. The van der Waals surface area contributed by atoms with Crippen LogP contribution in [0.4, 0.5) is 4.39 Å². The number of carbonyl (C=O) groups excluding carboxylic acids is 1. The lowest BCUT2D eigenvalue weighted by Gasteiger charge is -2.43. The quantitative estimate of drug-likeness (QED) is 0.680. The molecule has 1 fully saturated rings. The maximum atomic E-state index is 15.2. The largest absolute Gasteiger partial charge is 0.468 e. The first-order valence-corrected chi connectivity index (χ1v) is 10.0. The van der Waals surface area contributed by atoms with Crippen LogP contribution < -0.4 is 0 Å². The number of methoxy groups -OCH3 is 1. The van der Waals surface area contributed by atoms with Crippen LogP contribution in [0.3, 0.4) is 0 Å². The van der Waals surface area contributed by atoms with Crippen LogP contribution in [0.2, 0.25) is 0 Å². The van der Waals surface area contributed by atoms with Crippen LogP contribution in [0, 0.1) is 0 Å². The molecule has 152 valence electrons. The second-order valence-electron chi connectivity index (χ2n) is 7.80. The standard InChI is InChI=1S/C25H22FNO3/c1-30-24(29)23-22(26)21(28)15-27(23)25(16-9-3-2-4-10-16)19-13-7-5-11-17(19)18-12-6-8-14-20(18)25/h2-14,21-23,28H,15H2,1H3/t21-,22+,23-/m1/s1. The molecule has 1 aliphatic heterocycles. The maximum Gasteiger partial charge on any atom is 0.326 e. The number of aliphatic hydroxyl groups excluding tert-OH is 1. The van der Waals surface area contributed by atoms with Gasteiger partial charge in [0.1, 0.15) is 12.1 Å². The van der Waals surface area contributed by atoms with Gasteiger partial charge in [0.2, 0.25) is 0 Å². The van der Waals surface area contributed by atoms with Crippen molar-refractivity contribution >= 4 is 5.97 Å². The fourth-order valence-electron chi connectivity index (χ4n) is 5.20. The zero-order chi connectivity index (χ0) is 20.9. The van der Waals surface area contributed by atoms with Crippen LogP contribution in [0.1, 0.15) is 16.7 Å². The number of likely N-dealkylation sites (tertiary alicyclic amines) is 1. The first-order chi connectivity index (χ1) is 14.6. The van der Waals surface area contributed by atoms with Crippen molar-refractivity contribution < 1.29 is 19.0 Å². The van der Waals surface area contributed by atoms with E-state index in [2.05, 4.69) is 0 Å². The highest BCUT2D eigenvalue weighted by molar-refractivity contribution is 5.85. The van der Waals surface area contributed by atoms with E-state index in [0.29, 0.717) is 0 Å². The Morgan fingerprint density at radius 3 is 2.07 bits per heavy atom. The van der Waals surface area contributed by atoms with E-state index in [4.69, 9.17) is 4.74 Å². The van der Waals surface area contributed by atoms with Gasteiger partial charge in [-0.1, -0.05) is 78.9 Å². The van der Waals surface area contributed by atoms with E-state index in [1.165, 1.54) is 7.11 Å². The van der Waals surface area contributed by atoms with Gasteiger partial charge < -0.3 is 9.84 Å². The fraction of sp³-hybridized carbons (Fsp3) is 0.240. The monoisotopic (exact) mass is 403 g/mol. The molecule has 2 aliphatic rings. The van der Waals surface area contributed by atoms with Gasteiger partial charge in [0, 0.05) is 6.54 Å². The van der Waals surface area contributed by atoms with E-state index in [-0.39, 0.29) is 6.54 Å². The lowest BCUT2D eigenvalue weighted by molar-refractivity contribution is -0.149. The number of nitrogens with zero attached hydrogens (tertiary/aromatic N) is 1. The second kappa shape index (κ2) is 7.04. The Morgan fingerprint density at radius 2 is 1.50 bits per heavy atom. The van der Waals surface area contributed by atoms with E-state index in [1.807, 2.05) is 78.9 Å². The van der Waals surface area contributed by atoms with Gasteiger partial charge in [-0.2, -0.15) is 0 Å². The van der Waals surface area contributed by atoms with Gasteiger partial charge in [0.25, 0.3) is 0 Å². The summed E-state index contributed by atoms with van der Waals surface area (Å²) in [7, 11) is 1.25. The molecule has 0 aromatic heterocycles. The average Bonchev–Trinajstić information content (AvgIpc) is 3.26. The van der Waals surface area contributed by atoms with Crippen molar-refractivity contribution in [2.45, 2.75) is 23.9 Å². The molecule has 5 rings (SSSR count). The SMILES string of the molecule is COC(=O)[C@H]1[C@@H](F)[C@H](O)CN1C1(c2ccccc2)c2ccccc2-c2ccccc21. The van der Waals surface area contributed by atoms with Gasteiger partial charge >= 0.3 is 5.97 Å². The summed E-state index contributed by atoms with van der Waals surface area (Å²) in [5.41, 5.74) is 4.00. The van der Waals surface area contributed by atoms with Gasteiger partial charge in [0.05, 0.1) is 12.6 Å². The van der Waals surface area contributed by atoms with Gasteiger partial charge in [0.15, 0.2) is 6.17 Å². The number of hydrogen-bond acceptors (Lipinski definition) is 4. The van der Waals surface area contributed by atoms with Crippen molar-refractivity contribution in [2.24, 2.45) is 0 Å². The predicted molar refractivity (Wildman–Crippen MR) is 112 cm³/mol. The van der Waals surface area contributed by atoms with Gasteiger partial charge in [-0.25, -0.2) is 4.39 Å². The number of ether oxygens (including phenoxy) is 1. The summed E-state index contributed by atoms with van der Waals surface area (Å²) in [6.45, 7) is 0.0124. The van der Waals surface area contributed by atoms with Gasteiger partial charge in [-0.05, 0) is 27.8 Å². The fourth-order valence-corrected chi connectivity index (χ4v) is 5.20. The van der Waals surface area contributed by atoms with E-state index in [9.17, 15) is 9.90 Å². The summed E-state index contributed by atoms with van der Waals surface area (Å²) in [5.74, 6) is -0.684. The van der Waals surface area contributed by atoms with Crippen molar-refractivity contribution in [1.29, 1.82) is 0 Å². The van der Waals surface area contributed by atoms with E-state index < -0.39 is 29.8 Å². The number of hydrogen-bond donors (Lipinski definition) is 1. The summed E-state index contributed by atoms with van der Waals surface area (Å²) in [6.07, 6.45) is -3.02. The zero-order valence-electron chi connectivity index (χ0n) is 16.5. The number of aliphatic hydroxyl groups is 1. The normalized spacial score (nSPS) is 24.3. The summed E-state index contributed by atoms with van der Waals surface area (Å²) >= 11 is 0. The Kier molecular flexibility index (Phi) is 4.45. The Labute approximate surface area is 174 Å². The molecule has 0 radical (unpaired) electrons. The molecule has 4 nitrogen and oxygen atoms in total. The molecule has 0 saturated carbocycles. The van der Waals surface area contributed by atoms with Crippen LogP contribution >= 0.6 is 0 Å². The molecular weight excluding hydrogens is 381 g/mol. The Hall–Kier alpha value is -3.02. The molecule has 0 unspecified atom stereocenters. The molecule has 1 saturated heterocycles. The summed E-state index contributed by atoms with van der Waals surface area (Å²) in [6, 6.07) is 24.6. The minimum Gasteiger partial charge on any atom is -0.468 e. The Balaban J connectivity index is 1.87. The molecule has 1 N–H and O–H groups in total. The first-order valence-electron chi connectivity index (χ1n) is 10.0. The van der Waals surface area contributed by atoms with Crippen molar-refractivity contribution in [3.8, 4) is 11.1 Å². The van der Waals surface area contributed by atoms with Crippen molar-refractivity contribution in [1.82, 2.24) is 4.90 Å². The smallest absolute Gasteiger partial charge is 0.326 e. The second-order valence-corrected chi connectivity index (χ2v) is 7.80. The summed E-state index contributed by atoms with van der Waals surface area (Å²) < 4.78 is 20.1. The third kappa shape index (κ3) is 2.42. The van der Waals surface area contributed by atoms with E-state index in [1.54, 1.807) is 4.90 Å².